The van der Waals surface area contributed by atoms with Crippen LogP contribution in [0.25, 0.3) is 0 Å². The third-order valence-corrected chi connectivity index (χ3v) is 5.20. The molecule has 0 spiro atoms. The first-order valence-electron chi connectivity index (χ1n) is 10.1. The van der Waals surface area contributed by atoms with Crippen LogP contribution in [0.2, 0.25) is 0 Å². The zero-order valence-corrected chi connectivity index (χ0v) is 15.6. The predicted molar refractivity (Wildman–Crippen MR) is 101 cm³/mol. The summed E-state index contributed by atoms with van der Waals surface area (Å²) in [7, 11) is 0. The van der Waals surface area contributed by atoms with E-state index in [1.807, 2.05) is 0 Å². The molecule has 0 aliphatic carbocycles. The van der Waals surface area contributed by atoms with Crippen molar-refractivity contribution in [2.45, 2.75) is 104 Å². The van der Waals surface area contributed by atoms with E-state index in [9.17, 15) is 0 Å². The van der Waals surface area contributed by atoms with Crippen LogP contribution in [0.1, 0.15) is 104 Å². The van der Waals surface area contributed by atoms with Crippen molar-refractivity contribution in [3.8, 4) is 0 Å². The molecule has 0 aromatic rings. The van der Waals surface area contributed by atoms with Crippen molar-refractivity contribution in [1.82, 2.24) is 0 Å². The summed E-state index contributed by atoms with van der Waals surface area (Å²) in [5, 5.41) is 0. The molecule has 0 bridgehead atoms. The summed E-state index contributed by atoms with van der Waals surface area (Å²) in [5.41, 5.74) is 11.0. The van der Waals surface area contributed by atoms with E-state index < -0.39 is 0 Å². The summed E-state index contributed by atoms with van der Waals surface area (Å²) in [6.45, 7) is 6.64. The van der Waals surface area contributed by atoms with Crippen LogP contribution in [0, 0.1) is 11.8 Å². The number of rotatable bonds is 17. The van der Waals surface area contributed by atoms with Crippen LogP contribution in [0.5, 0.6) is 0 Å². The van der Waals surface area contributed by atoms with Crippen molar-refractivity contribution >= 4 is 0 Å². The van der Waals surface area contributed by atoms with Gasteiger partial charge in [0.15, 0.2) is 0 Å². The molecule has 0 aromatic carbocycles. The Kier molecular flexibility index (Phi) is 17.2. The Morgan fingerprint density at radius 1 is 0.455 bits per heavy atom. The monoisotopic (exact) mass is 312 g/mol. The average Bonchev–Trinajstić information content (AvgIpc) is 2.52. The Labute approximate surface area is 140 Å². The molecule has 0 rings (SSSR count). The van der Waals surface area contributed by atoms with Crippen LogP contribution in [-0.2, 0) is 0 Å². The quantitative estimate of drug-likeness (QED) is 0.342. The Morgan fingerprint density at radius 2 is 0.727 bits per heavy atom. The van der Waals surface area contributed by atoms with Crippen molar-refractivity contribution in [3.63, 3.8) is 0 Å². The molecule has 0 radical (unpaired) electrons. The van der Waals surface area contributed by atoms with E-state index in [4.69, 9.17) is 11.5 Å². The molecule has 2 atom stereocenters. The second kappa shape index (κ2) is 17.3. The minimum atomic E-state index is 0.863. The van der Waals surface area contributed by atoms with Gasteiger partial charge >= 0.3 is 0 Å². The van der Waals surface area contributed by atoms with E-state index in [1.54, 1.807) is 0 Å². The van der Waals surface area contributed by atoms with E-state index in [2.05, 4.69) is 13.8 Å². The van der Waals surface area contributed by atoms with Crippen molar-refractivity contribution in [1.29, 1.82) is 0 Å². The maximum absolute atomic E-state index is 5.52. The molecular weight excluding hydrogens is 268 g/mol. The summed E-state index contributed by atoms with van der Waals surface area (Å²) < 4.78 is 0. The molecule has 0 saturated carbocycles. The fourth-order valence-electron chi connectivity index (χ4n) is 3.20. The third kappa shape index (κ3) is 14.8. The van der Waals surface area contributed by atoms with Crippen LogP contribution < -0.4 is 11.5 Å². The molecule has 4 N–H and O–H groups in total. The van der Waals surface area contributed by atoms with Crippen LogP contribution in [-0.4, -0.2) is 13.1 Å². The lowest BCUT2D eigenvalue weighted by atomic mass is 9.86. The smallest absolute Gasteiger partial charge is 0.00773 e. The Bertz CT molecular complexity index is 184. The average molecular weight is 313 g/mol. The zero-order valence-electron chi connectivity index (χ0n) is 15.6. The lowest BCUT2D eigenvalue weighted by molar-refractivity contribution is 0.322. The molecule has 2 unspecified atom stereocenters. The minimum Gasteiger partial charge on any atom is -0.330 e. The highest BCUT2D eigenvalue weighted by atomic mass is 14.5. The van der Waals surface area contributed by atoms with Gasteiger partial charge in [-0.1, -0.05) is 90.9 Å². The molecule has 2 nitrogen and oxygen atoms in total. The van der Waals surface area contributed by atoms with Gasteiger partial charge in [-0.3, -0.25) is 0 Å². The van der Waals surface area contributed by atoms with Gasteiger partial charge in [-0.2, -0.15) is 0 Å². The van der Waals surface area contributed by atoms with E-state index in [-0.39, 0.29) is 0 Å². The van der Waals surface area contributed by atoms with Crippen LogP contribution >= 0.6 is 0 Å². The number of hydrogen-bond donors (Lipinski definition) is 2. The largest absolute Gasteiger partial charge is 0.330 e. The number of hydrogen-bond acceptors (Lipinski definition) is 2. The minimum absolute atomic E-state index is 0.863. The van der Waals surface area contributed by atoms with Gasteiger partial charge in [0.1, 0.15) is 0 Å². The van der Waals surface area contributed by atoms with Gasteiger partial charge in [-0.25, -0.2) is 0 Å². The van der Waals surface area contributed by atoms with Crippen molar-refractivity contribution < 1.29 is 0 Å². The summed E-state index contributed by atoms with van der Waals surface area (Å²) in [6, 6.07) is 0. The van der Waals surface area contributed by atoms with Gasteiger partial charge in [-0.15, -0.1) is 0 Å². The van der Waals surface area contributed by atoms with Crippen LogP contribution in [0.4, 0.5) is 0 Å². The molecule has 0 heterocycles. The molecule has 0 aliphatic heterocycles. The lowest BCUT2D eigenvalue weighted by Crippen LogP contribution is -2.08. The summed E-state index contributed by atoms with van der Waals surface area (Å²) in [6.07, 6.45) is 19.2. The highest BCUT2D eigenvalue weighted by molar-refractivity contribution is 4.63. The maximum atomic E-state index is 5.52. The van der Waals surface area contributed by atoms with Crippen LogP contribution in [0.15, 0.2) is 0 Å². The predicted octanol–water partition coefficient (Wildman–Crippen LogP) is 5.64. The Balaban J connectivity index is 3.33. The molecule has 0 aromatic heterocycles. The fraction of sp³-hybridized carbons (Fsp3) is 1.00. The second-order valence-electron chi connectivity index (χ2n) is 7.35. The Hall–Kier alpha value is -0.0800. The summed E-state index contributed by atoms with van der Waals surface area (Å²) >= 11 is 0. The molecule has 0 amide bonds. The molecule has 134 valence electrons. The van der Waals surface area contributed by atoms with E-state index >= 15 is 0 Å². The van der Waals surface area contributed by atoms with Crippen LogP contribution in [0.3, 0.4) is 0 Å². The second-order valence-corrected chi connectivity index (χ2v) is 7.35. The van der Waals surface area contributed by atoms with Gasteiger partial charge in [0.2, 0.25) is 0 Å². The van der Waals surface area contributed by atoms with E-state index in [0.29, 0.717) is 0 Å². The van der Waals surface area contributed by atoms with Gasteiger partial charge in [-0.05, 0) is 37.8 Å². The molecule has 2 heteroatoms. The first kappa shape index (κ1) is 21.9. The SMILES string of the molecule is CC(CCCCCCCCN)C(C)CCCCCCCCN. The van der Waals surface area contributed by atoms with Gasteiger partial charge in [0.25, 0.3) is 0 Å². The number of unbranched alkanes of at least 4 members (excludes halogenated alkanes) is 10. The standard InChI is InChI=1S/C20H44N2/c1-19(15-11-7-3-5-9-13-17-21)20(2)16-12-8-4-6-10-14-18-22/h19-20H,3-18,21-22H2,1-2H3. The molecule has 0 fully saturated rings. The molecule has 0 aliphatic rings. The van der Waals surface area contributed by atoms with Crippen molar-refractivity contribution in [2.75, 3.05) is 13.1 Å². The van der Waals surface area contributed by atoms with E-state index in [0.717, 1.165) is 24.9 Å². The van der Waals surface area contributed by atoms with Crippen molar-refractivity contribution in [2.24, 2.45) is 23.3 Å². The highest BCUT2D eigenvalue weighted by Crippen LogP contribution is 2.24. The normalized spacial score (nSPS) is 14.2. The first-order valence-corrected chi connectivity index (χ1v) is 10.1. The van der Waals surface area contributed by atoms with Gasteiger partial charge < -0.3 is 11.5 Å². The Morgan fingerprint density at radius 3 is 1.05 bits per heavy atom. The summed E-state index contributed by atoms with van der Waals surface area (Å²) in [5.74, 6) is 1.81. The highest BCUT2D eigenvalue weighted by Gasteiger charge is 2.11. The first-order chi connectivity index (χ1) is 10.7. The van der Waals surface area contributed by atoms with Crippen molar-refractivity contribution in [3.05, 3.63) is 0 Å². The zero-order chi connectivity index (χ0) is 16.5. The fourth-order valence-corrected chi connectivity index (χ4v) is 3.20. The number of nitrogens with two attached hydrogens (primary N) is 2. The van der Waals surface area contributed by atoms with E-state index in [1.165, 1.54) is 89.9 Å². The molecule has 0 saturated heterocycles. The van der Waals surface area contributed by atoms with Gasteiger partial charge in [0.05, 0.1) is 0 Å². The molecule has 22 heavy (non-hydrogen) atoms. The molecular formula is C20H44N2. The maximum Gasteiger partial charge on any atom is -0.00773 e. The summed E-state index contributed by atoms with van der Waals surface area (Å²) in [4.78, 5) is 0. The topological polar surface area (TPSA) is 52.0 Å². The lowest BCUT2D eigenvalue weighted by Gasteiger charge is -2.19. The third-order valence-electron chi connectivity index (χ3n) is 5.20. The van der Waals surface area contributed by atoms with Gasteiger partial charge in [0, 0.05) is 0 Å².